The highest BCUT2D eigenvalue weighted by molar-refractivity contribution is 9.26. The molecule has 0 spiro atoms. The Morgan fingerprint density at radius 3 is 1.02 bits per heavy atom. The average molecular weight is 1760 g/mol. The smallest absolute Gasteiger partial charge is 0.374 e. The van der Waals surface area contributed by atoms with Crippen LogP contribution in [0.3, 0.4) is 0 Å². The first kappa shape index (κ1) is 105. The molecule has 5 atom stereocenters. The number of hydrogen-bond acceptors (Lipinski definition) is 28. The first-order valence-electron chi connectivity index (χ1n) is 40.1. The normalized spacial score (nSPS) is 17.3. The molecule has 0 aromatic rings. The van der Waals surface area contributed by atoms with Gasteiger partial charge in [-0.25, -0.2) is 0 Å². The van der Waals surface area contributed by atoms with Crippen molar-refractivity contribution in [3.8, 4) is 0 Å². The standard InChI is InChI=1S/C69H150O18S10Si6/c1-19-70-98(71-20-2,72-21-3)61-45-41-37-39-43-55-88-94-96-90-58-50-66-64-65(52-63-100(76-25-7,77-26-8)78-27-9)49-53-69(66,54-60-91-97-95-89-56-44-40-38-42-46-62-99(73-22-4,74-23-5)75-24-6)67(51-59-93-103(85-34-16,86-35-17)87-36-18)68(101(79-28-10,80-29-11)81-30-12)48-47-57-92-102(82-31-13,83-32-14)84-33-15/h65-68H,19-64H2,1-18H3. The molecule has 1 aliphatic rings. The van der Waals surface area contributed by atoms with Crippen LogP contribution in [-0.2, 0) is 79.7 Å². The van der Waals surface area contributed by atoms with E-state index in [1.807, 2.05) is 145 Å². The van der Waals surface area contributed by atoms with Crippen molar-refractivity contribution in [2.45, 2.75) is 270 Å². The van der Waals surface area contributed by atoms with E-state index in [1.54, 1.807) is 22.4 Å². The van der Waals surface area contributed by atoms with Gasteiger partial charge in [0, 0.05) is 166 Å². The second-order valence-electron chi connectivity index (χ2n) is 24.5. The van der Waals surface area contributed by atoms with Crippen LogP contribution in [0.25, 0.3) is 0 Å². The highest BCUT2D eigenvalue weighted by Gasteiger charge is 2.60. The van der Waals surface area contributed by atoms with Crippen molar-refractivity contribution < 1.29 is 79.7 Å². The molecule has 1 aliphatic carbocycles. The molecule has 18 nitrogen and oxygen atoms in total. The summed E-state index contributed by atoms with van der Waals surface area (Å²) in [6.07, 6.45) is 20.9. The Labute approximate surface area is 676 Å². The topological polar surface area (TPSA) is 166 Å². The molecule has 0 saturated heterocycles. The second-order valence-corrected chi connectivity index (χ2v) is 57.9. The average Bonchev–Trinajstić information content (AvgIpc) is 0.745. The SMILES string of the molecule is CCO[Si](CCCCCCCSSSSCCC1CC(CC[Si](OCC)(OCC)OCC)CCC1(CCSSSSCCCCCCC[Si](OCC)(OCC)OCC)C(CCS[Si](OCC)(OCC)OCC)C(CCCS[Si](OCC)(OCC)OCC)[Si](OCC)(OCC)OCC)(OCC)OCC. The Balaban J connectivity index is 4.07. The quantitative estimate of drug-likeness (QED) is 0.0320. The van der Waals surface area contributed by atoms with E-state index >= 15 is 0 Å². The number of hydrogen-bond donors (Lipinski definition) is 0. The van der Waals surface area contributed by atoms with Crippen LogP contribution in [0, 0.1) is 23.2 Å². The van der Waals surface area contributed by atoms with Crippen molar-refractivity contribution in [3.05, 3.63) is 0 Å². The summed E-state index contributed by atoms with van der Waals surface area (Å²) < 4.78 is 118. The number of unbranched alkanes of at least 4 members (excludes halogenated alkanes) is 8. The molecule has 103 heavy (non-hydrogen) atoms. The van der Waals surface area contributed by atoms with Crippen LogP contribution in [0.1, 0.15) is 247 Å². The summed E-state index contributed by atoms with van der Waals surface area (Å²) in [7, 11) is -1.85. The molecule has 34 heteroatoms. The molecule has 0 aromatic heterocycles. The number of rotatable bonds is 79. The summed E-state index contributed by atoms with van der Waals surface area (Å²) in [6.45, 7) is 47.2. The molecule has 618 valence electrons. The third-order valence-corrected chi connectivity index (χ3v) is 54.9. The van der Waals surface area contributed by atoms with Gasteiger partial charge < -0.3 is 79.7 Å². The van der Waals surface area contributed by atoms with E-state index in [2.05, 4.69) is 62.3 Å². The Morgan fingerprint density at radius 1 is 0.311 bits per heavy atom. The largest absolute Gasteiger partial charge is 0.573 e. The predicted molar refractivity (Wildman–Crippen MR) is 468 cm³/mol. The summed E-state index contributed by atoms with van der Waals surface area (Å²) in [5.41, 5.74) is -0.143. The van der Waals surface area contributed by atoms with E-state index in [4.69, 9.17) is 79.7 Å². The Bertz CT molecular complexity index is 1820. The van der Waals surface area contributed by atoms with Crippen molar-refractivity contribution in [2.75, 3.05) is 153 Å². The van der Waals surface area contributed by atoms with E-state index < -0.39 is 51.1 Å². The Morgan fingerprint density at radius 2 is 0.641 bits per heavy atom. The first-order chi connectivity index (χ1) is 50.1. The zero-order valence-corrected chi connectivity index (χ0v) is 81.9. The molecular weight excluding hydrogens is 1610 g/mol. The van der Waals surface area contributed by atoms with Gasteiger partial charge in [-0.3, -0.25) is 0 Å². The molecule has 0 amide bonds. The van der Waals surface area contributed by atoms with Crippen molar-refractivity contribution in [1.82, 2.24) is 0 Å². The second kappa shape index (κ2) is 67.1. The van der Waals surface area contributed by atoms with Crippen LogP contribution in [-0.4, -0.2) is 205 Å². The monoisotopic (exact) mass is 1750 g/mol. The van der Waals surface area contributed by atoms with Crippen molar-refractivity contribution in [2.24, 2.45) is 23.2 Å². The summed E-state index contributed by atoms with van der Waals surface area (Å²) in [6, 6.07) is 2.59. The molecule has 0 aliphatic heterocycles. The molecule has 0 aromatic carbocycles. The van der Waals surface area contributed by atoms with Crippen LogP contribution in [0.2, 0.25) is 23.7 Å². The van der Waals surface area contributed by atoms with Gasteiger partial charge in [-0.1, -0.05) is 104 Å². The lowest BCUT2D eigenvalue weighted by molar-refractivity contribution is -0.0309. The molecule has 0 radical (unpaired) electrons. The third kappa shape index (κ3) is 42.7. The van der Waals surface area contributed by atoms with Crippen molar-refractivity contribution in [3.63, 3.8) is 0 Å². The van der Waals surface area contributed by atoms with Crippen LogP contribution in [0.5, 0.6) is 0 Å². The molecular formula is C69H150O18S10Si6. The summed E-state index contributed by atoms with van der Waals surface area (Å²) >= 11 is 3.55. The minimum Gasteiger partial charge on any atom is -0.374 e. The summed E-state index contributed by atoms with van der Waals surface area (Å²) in [5, 5.41) is 0. The molecule has 1 rings (SSSR count). The van der Waals surface area contributed by atoms with Crippen LogP contribution < -0.4 is 0 Å². The maximum Gasteiger partial charge on any atom is 0.573 e. The Hall–Kier alpha value is 4.08. The fourth-order valence-electron chi connectivity index (χ4n) is 14.1. The lowest BCUT2D eigenvalue weighted by Gasteiger charge is -2.56. The van der Waals surface area contributed by atoms with E-state index in [0.717, 1.165) is 123 Å². The van der Waals surface area contributed by atoms with E-state index in [9.17, 15) is 0 Å². The maximum absolute atomic E-state index is 7.30. The summed E-state index contributed by atoms with van der Waals surface area (Å²) in [5.74, 6) is 6.97. The molecule has 1 fully saturated rings. The third-order valence-electron chi connectivity index (χ3n) is 17.7. The zero-order chi connectivity index (χ0) is 76.1. The Kier molecular flexibility index (Phi) is 68.5. The fourth-order valence-corrected chi connectivity index (χ4v) is 48.7. The first-order valence-corrected chi connectivity index (χ1v) is 64.8. The highest BCUT2D eigenvalue weighted by Crippen LogP contribution is 2.62. The molecule has 0 heterocycles. The van der Waals surface area contributed by atoms with Gasteiger partial charge in [0.05, 0.1) is 0 Å². The minimum atomic E-state index is -3.50. The molecule has 5 unspecified atom stereocenters. The highest BCUT2D eigenvalue weighted by atomic mass is 33.7. The van der Waals surface area contributed by atoms with Crippen LogP contribution in [0.4, 0.5) is 0 Å². The van der Waals surface area contributed by atoms with Gasteiger partial charge in [0.2, 0.25) is 0 Å². The van der Waals surface area contributed by atoms with Gasteiger partial charge in [-0.2, -0.15) is 0 Å². The zero-order valence-electron chi connectivity index (χ0n) is 67.8. The van der Waals surface area contributed by atoms with E-state index in [0.29, 0.717) is 131 Å². The lowest BCUT2D eigenvalue weighted by atomic mass is 9.54. The van der Waals surface area contributed by atoms with E-state index in [1.165, 1.54) is 51.4 Å². The van der Waals surface area contributed by atoms with Gasteiger partial charge in [-0.15, -0.1) is 0 Å². The lowest BCUT2D eigenvalue weighted by Crippen LogP contribution is -2.57. The van der Waals surface area contributed by atoms with E-state index in [-0.39, 0.29) is 16.9 Å². The van der Waals surface area contributed by atoms with Gasteiger partial charge in [0.25, 0.3) is 0 Å². The molecule has 0 bridgehead atoms. The molecule has 1 saturated carbocycles. The fraction of sp³-hybridized carbons (Fsp3) is 1.00. The minimum absolute atomic E-state index is 0.0259. The van der Waals surface area contributed by atoms with Gasteiger partial charge in [-0.05, 0) is 282 Å². The maximum atomic E-state index is 7.30. The van der Waals surface area contributed by atoms with Gasteiger partial charge in [0.15, 0.2) is 0 Å². The van der Waals surface area contributed by atoms with Gasteiger partial charge >= 0.3 is 51.1 Å². The van der Waals surface area contributed by atoms with Crippen molar-refractivity contribution >= 4 is 156 Å². The molecule has 0 N–H and O–H groups in total. The van der Waals surface area contributed by atoms with Crippen molar-refractivity contribution in [1.29, 1.82) is 0 Å². The van der Waals surface area contributed by atoms with Gasteiger partial charge in [0.1, 0.15) is 0 Å². The predicted octanol–water partition coefficient (Wildman–Crippen LogP) is 22.7. The van der Waals surface area contributed by atoms with Crippen LogP contribution in [0.15, 0.2) is 0 Å². The summed E-state index contributed by atoms with van der Waals surface area (Å²) in [4.78, 5) is 0. The van der Waals surface area contributed by atoms with Crippen LogP contribution >= 0.6 is 105 Å².